The van der Waals surface area contributed by atoms with Gasteiger partial charge in [0.05, 0.1) is 16.1 Å². The van der Waals surface area contributed by atoms with Gasteiger partial charge in [-0.25, -0.2) is 4.98 Å². The van der Waals surface area contributed by atoms with Crippen LogP contribution in [0.2, 0.25) is 0 Å². The van der Waals surface area contributed by atoms with Gasteiger partial charge in [-0.2, -0.15) is 0 Å². The van der Waals surface area contributed by atoms with Gasteiger partial charge in [0.1, 0.15) is 0 Å². The topological polar surface area (TPSA) is 29.3 Å². The minimum atomic E-state index is 0.791. The molecule has 0 spiro atoms. The Labute approximate surface area is 104 Å². The van der Waals surface area contributed by atoms with Crippen molar-refractivity contribution in [2.24, 2.45) is 0 Å². The highest BCUT2D eigenvalue weighted by Gasteiger charge is 2.11. The molecule has 0 aliphatic rings. The van der Waals surface area contributed by atoms with E-state index in [1.165, 1.54) is 10.4 Å². The normalized spacial score (nSPS) is 11.1. The number of nitrogens with zero attached hydrogens (tertiary/aromatic N) is 2. The molecule has 0 saturated heterocycles. The highest BCUT2D eigenvalue weighted by molar-refractivity contribution is 7.13. The van der Waals surface area contributed by atoms with Gasteiger partial charge in [0.25, 0.3) is 0 Å². The predicted molar refractivity (Wildman–Crippen MR) is 71.3 cm³/mol. The lowest BCUT2D eigenvalue weighted by molar-refractivity contribution is 0.803. The Hall–Kier alpha value is -1.65. The van der Waals surface area contributed by atoms with Crippen LogP contribution in [0.15, 0.2) is 41.9 Å². The number of nitrogens with one attached hydrogen (secondary N) is 1. The van der Waals surface area contributed by atoms with E-state index in [1.54, 1.807) is 11.3 Å². The fraction of sp³-hybridized carbons (Fsp3) is 0.154. The van der Waals surface area contributed by atoms with Gasteiger partial charge < -0.3 is 5.32 Å². The molecule has 0 aromatic carbocycles. The second kappa shape index (κ2) is 4.31. The van der Waals surface area contributed by atoms with Gasteiger partial charge in [-0.1, -0.05) is 12.1 Å². The van der Waals surface area contributed by atoms with E-state index in [2.05, 4.69) is 39.5 Å². The smallest absolute Gasteiger partial charge is 0.154 e. The summed E-state index contributed by atoms with van der Waals surface area (Å²) in [4.78, 5) is 5.93. The first-order valence-electron chi connectivity index (χ1n) is 5.54. The van der Waals surface area contributed by atoms with Crippen LogP contribution in [0.1, 0.15) is 5.69 Å². The van der Waals surface area contributed by atoms with Crippen molar-refractivity contribution in [2.75, 3.05) is 7.05 Å². The molecule has 0 saturated carbocycles. The van der Waals surface area contributed by atoms with E-state index in [1.807, 2.05) is 19.2 Å². The Morgan fingerprint density at radius 1 is 1.29 bits per heavy atom. The molecule has 3 rings (SSSR count). The summed E-state index contributed by atoms with van der Waals surface area (Å²) in [7, 11) is 1.94. The van der Waals surface area contributed by atoms with Gasteiger partial charge in [-0.15, -0.1) is 11.3 Å². The first kappa shape index (κ1) is 10.5. The molecule has 1 N–H and O–H groups in total. The number of hydrogen-bond acceptors (Lipinski definition) is 3. The molecule has 0 fully saturated rings. The van der Waals surface area contributed by atoms with Crippen LogP contribution in [0.25, 0.3) is 16.2 Å². The molecule has 3 aromatic heterocycles. The monoisotopic (exact) mass is 243 g/mol. The van der Waals surface area contributed by atoms with Crippen LogP contribution in [0, 0.1) is 0 Å². The number of fused-ring (bicyclic) bond motifs is 1. The van der Waals surface area contributed by atoms with Gasteiger partial charge in [0, 0.05) is 12.7 Å². The van der Waals surface area contributed by atoms with Gasteiger partial charge in [-0.3, -0.25) is 4.40 Å². The number of rotatable bonds is 3. The van der Waals surface area contributed by atoms with E-state index in [0.717, 1.165) is 18.1 Å². The first-order valence-corrected chi connectivity index (χ1v) is 6.42. The maximum absolute atomic E-state index is 4.73. The molecule has 0 amide bonds. The summed E-state index contributed by atoms with van der Waals surface area (Å²) in [5, 5.41) is 5.24. The summed E-state index contributed by atoms with van der Waals surface area (Å²) >= 11 is 1.72. The number of imidazole rings is 1. The zero-order valence-corrected chi connectivity index (χ0v) is 10.4. The number of aromatic nitrogens is 2. The van der Waals surface area contributed by atoms with E-state index in [4.69, 9.17) is 4.98 Å². The standard InChI is InChI=1S/C13H13N3S/c1-14-9-10-11-5-2-3-7-16(11)13(15-10)12-6-4-8-17-12/h2-8,14H,9H2,1H3. The zero-order chi connectivity index (χ0) is 11.7. The number of hydrogen-bond donors (Lipinski definition) is 1. The molecule has 0 aliphatic carbocycles. The molecule has 3 heterocycles. The van der Waals surface area contributed by atoms with Crippen molar-refractivity contribution in [3.05, 3.63) is 47.6 Å². The van der Waals surface area contributed by atoms with Crippen molar-refractivity contribution in [3.63, 3.8) is 0 Å². The van der Waals surface area contributed by atoms with Crippen molar-refractivity contribution in [1.29, 1.82) is 0 Å². The second-order valence-corrected chi connectivity index (χ2v) is 4.79. The van der Waals surface area contributed by atoms with Gasteiger partial charge in [0.15, 0.2) is 5.82 Å². The summed E-state index contributed by atoms with van der Waals surface area (Å²) in [6.07, 6.45) is 2.07. The van der Waals surface area contributed by atoms with Crippen molar-refractivity contribution in [1.82, 2.24) is 14.7 Å². The molecular formula is C13H13N3S. The number of thiophene rings is 1. The fourth-order valence-electron chi connectivity index (χ4n) is 1.98. The van der Waals surface area contributed by atoms with Crippen molar-refractivity contribution < 1.29 is 0 Å². The lowest BCUT2D eigenvalue weighted by Crippen LogP contribution is -2.05. The maximum atomic E-state index is 4.73. The van der Waals surface area contributed by atoms with E-state index in [-0.39, 0.29) is 0 Å². The van der Waals surface area contributed by atoms with Crippen LogP contribution >= 0.6 is 11.3 Å². The van der Waals surface area contributed by atoms with E-state index in [9.17, 15) is 0 Å². The third kappa shape index (κ3) is 1.75. The van der Waals surface area contributed by atoms with E-state index >= 15 is 0 Å². The summed E-state index contributed by atoms with van der Waals surface area (Å²) in [5.74, 6) is 1.03. The third-order valence-electron chi connectivity index (χ3n) is 2.71. The van der Waals surface area contributed by atoms with Crippen molar-refractivity contribution >= 4 is 16.9 Å². The Bertz CT molecular complexity index is 625. The Balaban J connectivity index is 2.25. The van der Waals surface area contributed by atoms with Crippen molar-refractivity contribution in [3.8, 4) is 10.7 Å². The average Bonchev–Trinajstić information content (AvgIpc) is 2.97. The molecule has 0 aliphatic heterocycles. The Morgan fingerprint density at radius 2 is 2.24 bits per heavy atom. The van der Waals surface area contributed by atoms with Crippen molar-refractivity contribution in [2.45, 2.75) is 6.54 Å². The largest absolute Gasteiger partial charge is 0.314 e. The van der Waals surface area contributed by atoms with E-state index < -0.39 is 0 Å². The average molecular weight is 243 g/mol. The lowest BCUT2D eigenvalue weighted by atomic mass is 10.3. The number of pyridine rings is 1. The molecule has 86 valence electrons. The summed E-state index contributed by atoms with van der Waals surface area (Å²) in [5.41, 5.74) is 2.27. The lowest BCUT2D eigenvalue weighted by Gasteiger charge is -1.97. The Kier molecular flexibility index (Phi) is 2.66. The quantitative estimate of drug-likeness (QED) is 0.766. The van der Waals surface area contributed by atoms with Gasteiger partial charge in [0.2, 0.25) is 0 Å². The molecule has 17 heavy (non-hydrogen) atoms. The minimum Gasteiger partial charge on any atom is -0.314 e. The predicted octanol–water partition coefficient (Wildman–Crippen LogP) is 2.78. The Morgan fingerprint density at radius 3 is 3.00 bits per heavy atom. The van der Waals surface area contributed by atoms with Crippen LogP contribution in [-0.2, 0) is 6.54 Å². The first-order chi connectivity index (χ1) is 8.40. The molecule has 0 unspecified atom stereocenters. The van der Waals surface area contributed by atoms with Crippen LogP contribution in [0.4, 0.5) is 0 Å². The SMILES string of the molecule is CNCc1nc(-c2cccs2)n2ccccc12. The second-order valence-electron chi connectivity index (χ2n) is 3.85. The molecule has 3 nitrogen and oxygen atoms in total. The summed E-state index contributed by atoms with van der Waals surface area (Å²) in [6.45, 7) is 0.791. The molecule has 0 atom stereocenters. The van der Waals surface area contributed by atoms with Crippen LogP contribution in [0.5, 0.6) is 0 Å². The minimum absolute atomic E-state index is 0.791. The third-order valence-corrected chi connectivity index (χ3v) is 3.58. The summed E-state index contributed by atoms with van der Waals surface area (Å²) in [6, 6.07) is 10.4. The van der Waals surface area contributed by atoms with Crippen LogP contribution < -0.4 is 5.32 Å². The van der Waals surface area contributed by atoms with Crippen LogP contribution in [-0.4, -0.2) is 16.4 Å². The van der Waals surface area contributed by atoms with Gasteiger partial charge >= 0.3 is 0 Å². The maximum Gasteiger partial charge on any atom is 0.154 e. The molecule has 0 radical (unpaired) electrons. The molecule has 4 heteroatoms. The van der Waals surface area contributed by atoms with Gasteiger partial charge in [-0.05, 0) is 30.6 Å². The fourth-order valence-corrected chi connectivity index (χ4v) is 2.69. The zero-order valence-electron chi connectivity index (χ0n) is 9.55. The molecule has 0 bridgehead atoms. The highest BCUT2D eigenvalue weighted by Crippen LogP contribution is 2.26. The molecule has 3 aromatic rings. The van der Waals surface area contributed by atoms with E-state index in [0.29, 0.717) is 0 Å². The molecular weight excluding hydrogens is 230 g/mol. The highest BCUT2D eigenvalue weighted by atomic mass is 32.1. The van der Waals surface area contributed by atoms with Crippen LogP contribution in [0.3, 0.4) is 0 Å². The summed E-state index contributed by atoms with van der Waals surface area (Å²) < 4.78 is 2.15.